The maximum Gasteiger partial charge on any atom is 0.139 e. The molecule has 0 saturated carbocycles. The number of hydrogen-bond acceptors (Lipinski definition) is 3. The third-order valence-corrected chi connectivity index (χ3v) is 18.3. The Hall–Kier alpha value is -8.93. The van der Waals surface area contributed by atoms with Gasteiger partial charge in [0, 0.05) is 54.4 Å². The molecule has 6 heteroatoms. The molecule has 83 heavy (non-hydrogen) atoms. The first-order valence-electron chi connectivity index (χ1n) is 28.2. The molecule has 2 aliphatic rings. The second-order valence-electron chi connectivity index (χ2n) is 22.2. The van der Waals surface area contributed by atoms with Crippen molar-refractivity contribution in [3.63, 3.8) is 0 Å². The minimum Gasteiger partial charge on any atom is -0.456 e. The van der Waals surface area contributed by atoms with Crippen molar-refractivity contribution in [1.82, 2.24) is 0 Å². The predicted octanol–water partition coefficient (Wildman–Crippen LogP) is 21.2. The first kappa shape index (κ1) is 49.8. The van der Waals surface area contributed by atoms with Gasteiger partial charge in [0.25, 0.3) is 0 Å². The van der Waals surface area contributed by atoms with Crippen molar-refractivity contribution < 1.29 is 13.3 Å². The molecule has 11 aromatic carbocycles. The Bertz CT molecular complexity index is 5080. The fourth-order valence-electron chi connectivity index (χ4n) is 13.3. The molecule has 0 N–H and O–H groups in total. The molecule has 5 unspecified atom stereocenters. The van der Waals surface area contributed by atoms with Gasteiger partial charge in [-0.3, -0.25) is 0 Å². The van der Waals surface area contributed by atoms with E-state index in [9.17, 15) is 0 Å². The molecular weight excluding hydrogens is 1070 g/mol. The van der Waals surface area contributed by atoms with Gasteiger partial charge < -0.3 is 13.3 Å². The smallest absolute Gasteiger partial charge is 0.139 e. The highest BCUT2D eigenvalue weighted by atomic mass is 31.1. The molecule has 2 aliphatic carbocycles. The molecular formula is C77H53O3P3. The zero-order valence-electron chi connectivity index (χ0n) is 45.1. The van der Waals surface area contributed by atoms with Gasteiger partial charge in [0.2, 0.25) is 0 Å². The van der Waals surface area contributed by atoms with Gasteiger partial charge in [0.1, 0.15) is 33.5 Å². The summed E-state index contributed by atoms with van der Waals surface area (Å²) in [5.74, 6) is -0.149. The molecule has 3 aromatic heterocycles. The lowest BCUT2D eigenvalue weighted by Gasteiger charge is -2.23. The maximum atomic E-state index is 6.95. The van der Waals surface area contributed by atoms with E-state index >= 15 is 0 Å². The Labute approximate surface area is 488 Å². The molecule has 0 aliphatic heterocycles. The van der Waals surface area contributed by atoms with Gasteiger partial charge in [-0.1, -0.05) is 213 Å². The number of para-hydroxylation sites is 2. The van der Waals surface area contributed by atoms with Crippen LogP contribution >= 0.6 is 27.7 Å². The highest BCUT2D eigenvalue weighted by Gasteiger charge is 2.30. The van der Waals surface area contributed by atoms with E-state index < -0.39 is 0 Å². The van der Waals surface area contributed by atoms with E-state index in [2.05, 4.69) is 289 Å². The van der Waals surface area contributed by atoms with Gasteiger partial charge in [-0.05, 0) is 149 Å². The van der Waals surface area contributed by atoms with Gasteiger partial charge in [-0.15, -0.1) is 27.7 Å². The standard InChI is InChI=1S/C77H53O3P3/c1-45-55-19-8-9-20-58(55)64-22-12-18-52(73(45)64)40-67(46-14-4-2-5-15-46)51-30-36-62-60-34-28-49(41-69(60)78-71(62)43-51)56-38-39-57(75(56)48-26-32-54(33-27-48)77(81,82)83)50-29-35-61-63-37-31-53(44-72(63)79-70(61)42-50)74(47-16-6-3-7-17-47)66-24-13-23-65-59-21-10-11-25-68(59)80-76(65)66/h2-44,74-75H,1,81-83H2/b67-40+. The second-order valence-corrected chi connectivity index (χ2v) is 27.1. The SMILES string of the molecule is C=C1c2ccccc2-c2cccc(/C=C(\c3ccccc3)c3ccc4c(c3)oc3cc(C5=CC=C(c6ccc7c(c6)oc6cc(C(c8ccccc8)c8cccc9c8oc8ccccc89)ccc67)C5c5ccc(C(P)(P)P)cc5)ccc34)c21. The molecule has 0 spiro atoms. The molecule has 0 saturated heterocycles. The summed E-state index contributed by atoms with van der Waals surface area (Å²) in [4.78, 5) is 0. The molecule has 0 fully saturated rings. The first-order chi connectivity index (χ1) is 40.7. The van der Waals surface area contributed by atoms with Crippen molar-refractivity contribution in [1.29, 1.82) is 0 Å². The Morgan fingerprint density at radius 2 is 1.00 bits per heavy atom. The zero-order chi connectivity index (χ0) is 55.5. The van der Waals surface area contributed by atoms with E-state index in [4.69, 9.17) is 13.3 Å². The Kier molecular flexibility index (Phi) is 11.8. The molecule has 0 amide bonds. The maximum absolute atomic E-state index is 6.95. The van der Waals surface area contributed by atoms with Crippen LogP contribution in [0, 0.1) is 0 Å². The van der Waals surface area contributed by atoms with Crippen molar-refractivity contribution in [2.24, 2.45) is 0 Å². The lowest BCUT2D eigenvalue weighted by molar-refractivity contribution is 0.659. The lowest BCUT2D eigenvalue weighted by Crippen LogP contribution is -2.04. The van der Waals surface area contributed by atoms with Gasteiger partial charge in [-0.2, -0.15) is 0 Å². The number of hydrogen-bond donors (Lipinski definition) is 0. The summed E-state index contributed by atoms with van der Waals surface area (Å²) >= 11 is 0. The summed E-state index contributed by atoms with van der Waals surface area (Å²) in [6.07, 6.45) is 6.92. The summed E-state index contributed by atoms with van der Waals surface area (Å²) in [6.45, 7) is 4.60. The third kappa shape index (κ3) is 8.36. The highest BCUT2D eigenvalue weighted by molar-refractivity contribution is 7.56. The quantitative estimate of drug-likeness (QED) is 0.0778. The van der Waals surface area contributed by atoms with Gasteiger partial charge >= 0.3 is 0 Å². The van der Waals surface area contributed by atoms with Crippen molar-refractivity contribution >= 4 is 122 Å². The van der Waals surface area contributed by atoms with E-state index in [1.165, 1.54) is 50.1 Å². The summed E-state index contributed by atoms with van der Waals surface area (Å²) in [5.41, 5.74) is 26.1. The van der Waals surface area contributed by atoms with Crippen LogP contribution in [0.2, 0.25) is 0 Å². The number of rotatable bonds is 10. The lowest BCUT2D eigenvalue weighted by atomic mass is 9.81. The molecule has 0 radical (unpaired) electrons. The van der Waals surface area contributed by atoms with E-state index in [0.717, 1.165) is 116 Å². The monoisotopic (exact) mass is 1120 g/mol. The molecule has 14 aromatic rings. The minimum absolute atomic E-state index is 0.0618. The first-order valence-corrected chi connectivity index (χ1v) is 29.9. The van der Waals surface area contributed by atoms with E-state index in [-0.39, 0.29) is 16.5 Å². The summed E-state index contributed by atoms with van der Waals surface area (Å²) in [7, 11) is 8.80. The summed E-state index contributed by atoms with van der Waals surface area (Å²) in [6, 6.07) is 87.3. The number of fused-ring (bicyclic) bond motifs is 12. The number of furan rings is 3. The van der Waals surface area contributed by atoms with Crippen LogP contribution in [-0.2, 0) is 4.64 Å². The summed E-state index contributed by atoms with van der Waals surface area (Å²) in [5, 5.41) is 6.58. The molecule has 3 nitrogen and oxygen atoms in total. The number of benzene rings is 11. The van der Waals surface area contributed by atoms with Crippen LogP contribution in [-0.4, -0.2) is 0 Å². The predicted molar refractivity (Wildman–Crippen MR) is 358 cm³/mol. The summed E-state index contributed by atoms with van der Waals surface area (Å²) < 4.78 is 20.3. The molecule has 0 bridgehead atoms. The Balaban J connectivity index is 0.762. The van der Waals surface area contributed by atoms with E-state index in [1.807, 2.05) is 6.07 Å². The van der Waals surface area contributed by atoms with Crippen LogP contribution in [0.5, 0.6) is 0 Å². The fraction of sp³-hybridized carbons (Fsp3) is 0.0390. The highest BCUT2D eigenvalue weighted by Crippen LogP contribution is 2.52. The van der Waals surface area contributed by atoms with Crippen molar-refractivity contribution in [3.8, 4) is 11.1 Å². The van der Waals surface area contributed by atoms with Gasteiger partial charge in [-0.25, -0.2) is 0 Å². The van der Waals surface area contributed by atoms with Crippen LogP contribution in [0.15, 0.2) is 275 Å². The Morgan fingerprint density at radius 3 is 1.71 bits per heavy atom. The fourth-order valence-corrected chi connectivity index (χ4v) is 13.9. The van der Waals surface area contributed by atoms with Crippen LogP contribution < -0.4 is 0 Å². The largest absolute Gasteiger partial charge is 0.456 e. The van der Waals surface area contributed by atoms with Crippen LogP contribution in [0.1, 0.15) is 78.6 Å². The Morgan fingerprint density at radius 1 is 0.434 bits per heavy atom. The molecule has 5 atom stereocenters. The minimum atomic E-state index is -0.229. The molecule has 3 heterocycles. The van der Waals surface area contributed by atoms with E-state index in [1.54, 1.807) is 0 Å². The number of allylic oxidation sites excluding steroid dienone is 4. The zero-order valence-corrected chi connectivity index (χ0v) is 48.6. The molecule has 16 rings (SSSR count). The average Bonchev–Trinajstić information content (AvgIpc) is 4.54. The van der Waals surface area contributed by atoms with Gasteiger partial charge in [0.15, 0.2) is 0 Å². The van der Waals surface area contributed by atoms with Crippen molar-refractivity contribution in [2.75, 3.05) is 0 Å². The van der Waals surface area contributed by atoms with Crippen molar-refractivity contribution in [3.05, 3.63) is 328 Å². The van der Waals surface area contributed by atoms with Gasteiger partial charge in [0.05, 0.1) is 0 Å². The van der Waals surface area contributed by atoms with Crippen LogP contribution in [0.3, 0.4) is 0 Å². The molecule has 394 valence electrons. The van der Waals surface area contributed by atoms with Crippen LogP contribution in [0.4, 0.5) is 0 Å². The topological polar surface area (TPSA) is 39.4 Å². The van der Waals surface area contributed by atoms with Crippen LogP contribution in [0.25, 0.3) is 105 Å². The second kappa shape index (κ2) is 19.6. The van der Waals surface area contributed by atoms with Crippen molar-refractivity contribution in [2.45, 2.75) is 16.5 Å². The normalized spacial score (nSPS) is 14.8. The third-order valence-electron chi connectivity index (χ3n) is 17.3. The van der Waals surface area contributed by atoms with E-state index in [0.29, 0.717) is 0 Å². The average molecular weight is 1120 g/mol.